The van der Waals surface area contributed by atoms with Crippen LogP contribution in [0.4, 0.5) is 0 Å². The third-order valence-electron chi connectivity index (χ3n) is 5.70. The van der Waals surface area contributed by atoms with Crippen LogP contribution in [0.3, 0.4) is 0 Å². The molecule has 2 aliphatic rings. The lowest BCUT2D eigenvalue weighted by Crippen LogP contribution is -2.47. The topological polar surface area (TPSA) is 124 Å². The molecule has 0 amide bonds. The molecule has 6 nitrogen and oxygen atoms in total. The van der Waals surface area contributed by atoms with Crippen molar-refractivity contribution in [1.29, 1.82) is 4.78 Å². The molecule has 0 aromatic rings. The molecule has 2 fully saturated rings. The summed E-state index contributed by atoms with van der Waals surface area (Å²) in [5, 5.41) is 19.8. The Balaban J connectivity index is 1.91. The third-order valence-corrected chi connectivity index (χ3v) is 7.46. The molecular weight excluding hydrogens is 304 g/mol. The van der Waals surface area contributed by atoms with E-state index in [0.29, 0.717) is 12.3 Å². The fraction of sp³-hybridized carbons (Fsp3) is 0.933. The molecule has 0 saturated heterocycles. The van der Waals surface area contributed by atoms with E-state index in [1.54, 1.807) is 0 Å². The van der Waals surface area contributed by atoms with Crippen LogP contribution in [0.2, 0.25) is 0 Å². The Hall–Kier alpha value is -0.660. The van der Waals surface area contributed by atoms with E-state index in [4.69, 9.17) is 15.6 Å². The summed E-state index contributed by atoms with van der Waals surface area (Å²) in [6.45, 7) is 2.05. The Morgan fingerprint density at radius 2 is 2.09 bits per heavy atom. The predicted molar refractivity (Wildman–Crippen MR) is 85.0 cm³/mol. The Morgan fingerprint density at radius 1 is 1.41 bits per heavy atom. The van der Waals surface area contributed by atoms with Crippen LogP contribution in [0, 0.1) is 22.5 Å². The summed E-state index contributed by atoms with van der Waals surface area (Å²) in [5.74, 6) is 0.133. The average Bonchev–Trinajstić information content (AvgIpc) is 2.86. The number of aliphatic carboxylic acids is 1. The average molecular weight is 332 g/mol. The number of hydrogen-bond donors (Lipinski definition) is 4. The molecule has 0 heterocycles. The van der Waals surface area contributed by atoms with E-state index in [2.05, 4.69) is 6.92 Å². The van der Waals surface area contributed by atoms with Crippen molar-refractivity contribution in [3.63, 3.8) is 0 Å². The van der Waals surface area contributed by atoms with Gasteiger partial charge in [0.05, 0.1) is 5.60 Å². The van der Waals surface area contributed by atoms with Crippen molar-refractivity contribution in [2.45, 2.75) is 57.1 Å². The summed E-state index contributed by atoms with van der Waals surface area (Å²) in [5.41, 5.74) is 4.59. The molecule has 0 aromatic heterocycles. The molecule has 0 aliphatic heterocycles. The quantitative estimate of drug-likeness (QED) is 0.561. The first-order chi connectivity index (χ1) is 10.1. The second kappa shape index (κ2) is 6.45. The lowest BCUT2D eigenvalue weighted by molar-refractivity contribution is -0.138. The molecule has 0 aromatic carbocycles. The highest BCUT2D eigenvalue weighted by atomic mass is 32.2. The number of carboxylic acid groups (broad SMARTS) is 1. The minimum Gasteiger partial charge on any atom is -0.480 e. The van der Waals surface area contributed by atoms with Crippen molar-refractivity contribution < 1.29 is 19.2 Å². The number of carbonyl (C=O) groups is 1. The number of fused-ring (bicyclic) bond motifs is 2. The van der Waals surface area contributed by atoms with Crippen LogP contribution >= 0.6 is 0 Å². The zero-order chi connectivity index (χ0) is 16.5. The van der Waals surface area contributed by atoms with Crippen molar-refractivity contribution in [2.24, 2.45) is 23.5 Å². The van der Waals surface area contributed by atoms with Gasteiger partial charge in [-0.15, -0.1) is 0 Å². The van der Waals surface area contributed by atoms with Crippen LogP contribution in [-0.2, 0) is 14.5 Å². The summed E-state index contributed by atoms with van der Waals surface area (Å²) in [7, 11) is -2.89. The van der Waals surface area contributed by atoms with Gasteiger partial charge in [-0.2, -0.15) is 0 Å². The first-order valence-electron chi connectivity index (χ1n) is 8.09. The molecule has 0 radical (unpaired) electrons. The van der Waals surface area contributed by atoms with Gasteiger partial charge >= 0.3 is 5.97 Å². The van der Waals surface area contributed by atoms with Crippen LogP contribution in [0.1, 0.15) is 45.4 Å². The first-order valence-corrected chi connectivity index (χ1v) is 9.98. The molecule has 2 unspecified atom stereocenters. The van der Waals surface area contributed by atoms with E-state index < -0.39 is 27.3 Å². The second-order valence-corrected chi connectivity index (χ2v) is 9.65. The Labute approximate surface area is 132 Å². The van der Waals surface area contributed by atoms with Gasteiger partial charge in [0, 0.05) is 21.2 Å². The molecular formula is C15H28N2O4S. The Morgan fingerprint density at radius 3 is 2.73 bits per heavy atom. The van der Waals surface area contributed by atoms with Crippen LogP contribution < -0.4 is 5.73 Å². The largest absolute Gasteiger partial charge is 0.480 e. The van der Waals surface area contributed by atoms with Gasteiger partial charge in [-0.1, -0.05) is 13.3 Å². The van der Waals surface area contributed by atoms with Crippen molar-refractivity contribution >= 4 is 15.7 Å². The van der Waals surface area contributed by atoms with Gasteiger partial charge < -0.3 is 15.9 Å². The summed E-state index contributed by atoms with van der Waals surface area (Å²) in [6, 6.07) is -1.07. The van der Waals surface area contributed by atoms with Crippen molar-refractivity contribution in [3.05, 3.63) is 0 Å². The molecule has 7 heteroatoms. The number of carboxylic acids is 1. The van der Waals surface area contributed by atoms with Gasteiger partial charge in [-0.25, -0.2) is 4.21 Å². The second-order valence-electron chi connectivity index (χ2n) is 7.21. The molecule has 22 heavy (non-hydrogen) atoms. The molecule has 2 rings (SSSR count). The fourth-order valence-corrected chi connectivity index (χ4v) is 5.67. The maximum atomic E-state index is 12.3. The Kier molecular flexibility index (Phi) is 5.19. The van der Waals surface area contributed by atoms with Gasteiger partial charge in [-0.3, -0.25) is 9.57 Å². The van der Waals surface area contributed by atoms with Crippen molar-refractivity contribution in [3.8, 4) is 0 Å². The van der Waals surface area contributed by atoms with E-state index in [1.165, 1.54) is 6.42 Å². The van der Waals surface area contributed by atoms with Gasteiger partial charge in [-0.05, 0) is 49.9 Å². The van der Waals surface area contributed by atoms with E-state index in [0.717, 1.165) is 19.3 Å². The monoisotopic (exact) mass is 332 g/mol. The summed E-state index contributed by atoms with van der Waals surface area (Å²) < 4.78 is 20.3. The number of rotatable bonds is 7. The van der Waals surface area contributed by atoms with Gasteiger partial charge in [0.25, 0.3) is 0 Å². The summed E-state index contributed by atoms with van der Waals surface area (Å²) >= 11 is 0. The third kappa shape index (κ3) is 3.81. The van der Waals surface area contributed by atoms with Gasteiger partial charge in [0.2, 0.25) is 0 Å². The van der Waals surface area contributed by atoms with E-state index in [9.17, 15) is 14.1 Å². The SMILES string of the molecule is C[C@H]1C[C@H]2CC[C@H](C2)C1(O)CCS(=N)(=O)CC[C@H](N)C(=O)O. The highest BCUT2D eigenvalue weighted by Gasteiger charge is 2.49. The van der Waals surface area contributed by atoms with Crippen LogP contribution in [0.15, 0.2) is 0 Å². The molecule has 2 aliphatic carbocycles. The predicted octanol–water partition coefficient (Wildman–Crippen LogP) is 1.41. The highest BCUT2D eigenvalue weighted by molar-refractivity contribution is 7.92. The maximum Gasteiger partial charge on any atom is 0.320 e. The Bertz CT molecular complexity index is 522. The van der Waals surface area contributed by atoms with Crippen LogP contribution in [0.5, 0.6) is 0 Å². The lowest BCUT2D eigenvalue weighted by atomic mass is 9.68. The van der Waals surface area contributed by atoms with Crippen LogP contribution in [0.25, 0.3) is 0 Å². The lowest BCUT2D eigenvalue weighted by Gasteiger charge is -2.43. The molecule has 0 spiro atoms. The molecule has 5 N–H and O–H groups in total. The number of nitrogens with one attached hydrogen (secondary N) is 1. The van der Waals surface area contributed by atoms with Crippen molar-refractivity contribution in [1.82, 2.24) is 0 Å². The van der Waals surface area contributed by atoms with E-state index >= 15 is 0 Å². The minimum atomic E-state index is -2.89. The van der Waals surface area contributed by atoms with Gasteiger partial charge in [0.1, 0.15) is 6.04 Å². The highest BCUT2D eigenvalue weighted by Crippen LogP contribution is 2.51. The van der Waals surface area contributed by atoms with E-state index in [1.807, 2.05) is 0 Å². The summed E-state index contributed by atoms with van der Waals surface area (Å²) in [6.07, 6.45) is 4.66. The standard InChI is InChI=1S/C15H28N2O4S/c1-10-8-11-2-3-12(9-11)15(10,20)5-7-22(17,21)6-4-13(16)14(18)19/h10-13,17,20H,2-9,16H2,1H3,(H,18,19)/t10-,11+,12+,13-,15?,22?/m0/s1. The minimum absolute atomic E-state index is 0.0157. The molecule has 6 atom stereocenters. The molecule has 2 bridgehead atoms. The molecule has 2 saturated carbocycles. The summed E-state index contributed by atoms with van der Waals surface area (Å²) in [4.78, 5) is 10.7. The van der Waals surface area contributed by atoms with Crippen molar-refractivity contribution in [2.75, 3.05) is 11.5 Å². The van der Waals surface area contributed by atoms with E-state index in [-0.39, 0.29) is 29.8 Å². The number of hydrogen-bond acceptors (Lipinski definition) is 5. The van der Waals surface area contributed by atoms with Gasteiger partial charge in [0.15, 0.2) is 0 Å². The number of nitrogens with two attached hydrogens (primary N) is 1. The maximum absolute atomic E-state index is 12.3. The molecule has 128 valence electrons. The fourth-order valence-electron chi connectivity index (χ4n) is 4.17. The smallest absolute Gasteiger partial charge is 0.320 e. The normalized spacial score (nSPS) is 38.4. The zero-order valence-corrected chi connectivity index (χ0v) is 14.0. The number of aliphatic hydroxyl groups is 1. The van der Waals surface area contributed by atoms with Crippen LogP contribution in [-0.4, -0.2) is 43.5 Å². The zero-order valence-electron chi connectivity index (χ0n) is 13.2. The first kappa shape index (κ1) is 17.7.